The van der Waals surface area contributed by atoms with Crippen LogP contribution in [0.1, 0.15) is 113 Å². The fourth-order valence-electron chi connectivity index (χ4n) is 15.6. The van der Waals surface area contributed by atoms with E-state index >= 15 is 0 Å². The van der Waals surface area contributed by atoms with E-state index in [4.69, 9.17) is 37.9 Å². The predicted molar refractivity (Wildman–Crippen MR) is 266 cm³/mol. The van der Waals surface area contributed by atoms with E-state index in [9.17, 15) is 76.6 Å². The summed E-state index contributed by atoms with van der Waals surface area (Å²) in [5.41, 5.74) is -0.842. The number of hydrogen-bond acceptors (Lipinski definition) is 23. The zero-order chi connectivity index (χ0) is 56.6. The lowest BCUT2D eigenvalue weighted by molar-refractivity contribution is -0.375. The first-order valence-corrected chi connectivity index (χ1v) is 27.9. The molecule has 4 aliphatic carbocycles. The first kappa shape index (κ1) is 61.9. The fraction of sp³-hybridized carbons (Fsp3) is 0.963. The van der Waals surface area contributed by atoms with Crippen LogP contribution in [0.5, 0.6) is 0 Å². The second kappa shape index (κ2) is 23.5. The van der Waals surface area contributed by atoms with Gasteiger partial charge in [0, 0.05) is 5.41 Å². The molecule has 7 fully saturated rings. The van der Waals surface area contributed by atoms with Gasteiger partial charge in [-0.2, -0.15) is 0 Å². The maximum Gasteiger partial charge on any atom is 0.187 e. The van der Waals surface area contributed by atoms with Crippen LogP contribution >= 0.6 is 0 Å². The highest BCUT2D eigenvalue weighted by Crippen LogP contribution is 2.75. The summed E-state index contributed by atoms with van der Waals surface area (Å²) in [4.78, 5) is 0. The Morgan fingerprint density at radius 3 is 1.65 bits per heavy atom. The van der Waals surface area contributed by atoms with Crippen LogP contribution in [-0.4, -0.2) is 244 Å². The van der Waals surface area contributed by atoms with Gasteiger partial charge in [-0.1, -0.05) is 53.2 Å². The Morgan fingerprint density at radius 1 is 0.571 bits per heavy atom. The Bertz CT molecular complexity index is 1990. The van der Waals surface area contributed by atoms with Gasteiger partial charge in [-0.15, -0.1) is 0 Å². The third-order valence-corrected chi connectivity index (χ3v) is 20.7. The van der Waals surface area contributed by atoms with E-state index in [1.807, 2.05) is 0 Å². The van der Waals surface area contributed by atoms with Crippen LogP contribution in [0.2, 0.25) is 0 Å². The zero-order valence-electron chi connectivity index (χ0n) is 45.8. The average Bonchev–Trinajstić information content (AvgIpc) is 3.90. The van der Waals surface area contributed by atoms with Gasteiger partial charge in [0.2, 0.25) is 0 Å². The molecule has 0 radical (unpaired) electrons. The van der Waals surface area contributed by atoms with E-state index in [-0.39, 0.29) is 28.1 Å². The average molecular weight is 1110 g/mol. The monoisotopic (exact) mass is 1110 g/mol. The summed E-state index contributed by atoms with van der Waals surface area (Å²) in [5.74, 6) is 1.08. The molecule has 0 aromatic heterocycles. The molecular weight excluding hydrogens is 1020 g/mol. The van der Waals surface area contributed by atoms with Crippen molar-refractivity contribution in [2.75, 3.05) is 26.4 Å². The molecule has 29 unspecified atom stereocenters. The standard InChI is InChI=1S/C54H92O23/c1-23(9-13-33(51(4,5)69)76-49-45(41(65)36(60)29(21-57)73-49)77-48-44(68)39(63)35(59)28(20-56)72-48)24-15-16-54(8)31-12-10-25-26(52(31,6)17-18-53(24,54)7)11-14-32(50(25,2)3)75-47-43(67)40(64)37(61)30(74-47)22-70-46-42(66)38(62)34(58)27(19-55)71-46/h10,23-24,26-49,55-69H,9,11-22H2,1-8H3. The molecule has 8 rings (SSSR count). The molecule has 77 heavy (non-hydrogen) atoms. The van der Waals surface area contributed by atoms with Gasteiger partial charge in [0.15, 0.2) is 25.2 Å². The molecule has 15 N–H and O–H groups in total. The summed E-state index contributed by atoms with van der Waals surface area (Å²) in [5, 5.41) is 159. The largest absolute Gasteiger partial charge is 0.394 e. The Labute approximate surface area is 450 Å². The summed E-state index contributed by atoms with van der Waals surface area (Å²) < 4.78 is 47.6. The molecule has 0 spiro atoms. The molecule has 4 heterocycles. The minimum Gasteiger partial charge on any atom is -0.394 e. The second-order valence-electron chi connectivity index (χ2n) is 25.8. The van der Waals surface area contributed by atoms with Gasteiger partial charge < -0.3 is 114 Å². The number of ether oxygens (including phenoxy) is 8. The molecule has 3 saturated carbocycles. The van der Waals surface area contributed by atoms with Crippen LogP contribution in [0.4, 0.5) is 0 Å². The molecule has 8 aliphatic rings. The molecule has 23 nitrogen and oxygen atoms in total. The van der Waals surface area contributed by atoms with Crippen LogP contribution in [0.15, 0.2) is 11.6 Å². The van der Waals surface area contributed by atoms with Gasteiger partial charge in [-0.25, -0.2) is 0 Å². The third-order valence-electron chi connectivity index (χ3n) is 20.7. The van der Waals surface area contributed by atoms with Crippen molar-refractivity contribution in [3.05, 3.63) is 11.6 Å². The minimum absolute atomic E-state index is 0.0322. The summed E-state index contributed by atoms with van der Waals surface area (Å²) in [6, 6.07) is 0. The minimum atomic E-state index is -1.83. The van der Waals surface area contributed by atoms with Gasteiger partial charge in [0.1, 0.15) is 97.7 Å². The van der Waals surface area contributed by atoms with E-state index in [0.717, 1.165) is 38.5 Å². The highest BCUT2D eigenvalue weighted by Gasteiger charge is 2.68. The van der Waals surface area contributed by atoms with E-state index in [1.165, 1.54) is 5.57 Å². The van der Waals surface area contributed by atoms with Crippen LogP contribution in [0, 0.1) is 45.3 Å². The molecule has 23 heteroatoms. The number of allylic oxidation sites excluding steroid dienone is 1. The van der Waals surface area contributed by atoms with Gasteiger partial charge in [0.25, 0.3) is 0 Å². The van der Waals surface area contributed by atoms with E-state index in [0.29, 0.717) is 31.1 Å². The number of rotatable bonds is 17. The van der Waals surface area contributed by atoms with Crippen molar-refractivity contribution in [2.45, 2.75) is 254 Å². The molecule has 29 atom stereocenters. The van der Waals surface area contributed by atoms with Crippen molar-refractivity contribution in [1.82, 2.24) is 0 Å². The number of hydrogen-bond donors (Lipinski definition) is 15. The quantitative estimate of drug-likeness (QED) is 0.0687. The number of aliphatic hydroxyl groups excluding tert-OH is 14. The maximum absolute atomic E-state index is 11.6. The van der Waals surface area contributed by atoms with E-state index in [1.54, 1.807) is 13.8 Å². The molecule has 0 amide bonds. The van der Waals surface area contributed by atoms with Crippen molar-refractivity contribution in [2.24, 2.45) is 45.3 Å². The van der Waals surface area contributed by atoms with Crippen molar-refractivity contribution < 1.29 is 114 Å². The molecular formula is C54H92O23. The second-order valence-corrected chi connectivity index (χ2v) is 25.8. The first-order valence-electron chi connectivity index (χ1n) is 27.9. The fourth-order valence-corrected chi connectivity index (χ4v) is 15.6. The zero-order valence-corrected chi connectivity index (χ0v) is 45.8. The summed E-state index contributed by atoms with van der Waals surface area (Å²) in [6.07, 6.45) is -23.1. The van der Waals surface area contributed by atoms with Gasteiger partial charge in [0.05, 0.1) is 44.2 Å². The van der Waals surface area contributed by atoms with Crippen LogP contribution < -0.4 is 0 Å². The molecule has 0 aromatic carbocycles. The van der Waals surface area contributed by atoms with Gasteiger partial charge >= 0.3 is 0 Å². The molecule has 0 aromatic rings. The summed E-state index contributed by atoms with van der Waals surface area (Å²) in [7, 11) is 0. The Balaban J connectivity index is 0.925. The topological polar surface area (TPSA) is 377 Å². The molecule has 4 saturated heterocycles. The van der Waals surface area contributed by atoms with Crippen LogP contribution in [0.25, 0.3) is 0 Å². The highest BCUT2D eigenvalue weighted by molar-refractivity contribution is 5.30. The Morgan fingerprint density at radius 2 is 1.08 bits per heavy atom. The Kier molecular flexibility index (Phi) is 18.9. The predicted octanol–water partition coefficient (Wildman–Crippen LogP) is -2.20. The summed E-state index contributed by atoms with van der Waals surface area (Å²) in [6.45, 7) is 14.5. The smallest absolute Gasteiger partial charge is 0.187 e. The molecule has 4 aliphatic heterocycles. The van der Waals surface area contributed by atoms with E-state index < -0.39 is 172 Å². The van der Waals surface area contributed by atoms with Crippen LogP contribution in [-0.2, 0) is 37.9 Å². The molecule has 446 valence electrons. The van der Waals surface area contributed by atoms with Gasteiger partial charge in [-0.3, -0.25) is 0 Å². The van der Waals surface area contributed by atoms with Gasteiger partial charge in [-0.05, 0) is 112 Å². The first-order chi connectivity index (χ1) is 36.0. The van der Waals surface area contributed by atoms with Crippen molar-refractivity contribution >= 4 is 0 Å². The number of aliphatic hydroxyl groups is 15. The van der Waals surface area contributed by atoms with Crippen molar-refractivity contribution in [1.29, 1.82) is 0 Å². The lowest BCUT2D eigenvalue weighted by atomic mass is 9.39. The number of fused-ring (bicyclic) bond motifs is 5. The third kappa shape index (κ3) is 11.1. The lowest BCUT2D eigenvalue weighted by Gasteiger charge is -2.66. The normalized spacial score (nSPS) is 51.0. The summed E-state index contributed by atoms with van der Waals surface area (Å²) >= 11 is 0. The van der Waals surface area contributed by atoms with E-state index in [2.05, 4.69) is 47.6 Å². The lowest BCUT2D eigenvalue weighted by Crippen LogP contribution is -2.65. The SMILES string of the molecule is CC(CCC(OC1OC(CO)C(O)C(O)C1OC1OC(CO)C(O)C(O)C1O)C(C)(C)O)C1CCC2(C)C3CC=C4C(CCC(OC5OC(COC6OC(CO)C(O)C(O)C6O)C(O)C(O)C5O)C4(C)C)C3(C)CCC12C. The van der Waals surface area contributed by atoms with Crippen molar-refractivity contribution in [3.63, 3.8) is 0 Å². The van der Waals surface area contributed by atoms with Crippen LogP contribution in [0.3, 0.4) is 0 Å². The Hall–Kier alpha value is -1.18. The highest BCUT2D eigenvalue weighted by atomic mass is 16.8. The van der Waals surface area contributed by atoms with Crippen molar-refractivity contribution in [3.8, 4) is 0 Å². The maximum atomic E-state index is 11.6. The molecule has 0 bridgehead atoms.